The van der Waals surface area contributed by atoms with E-state index in [4.69, 9.17) is 16.3 Å². The predicted octanol–water partition coefficient (Wildman–Crippen LogP) is 5.01. The van der Waals surface area contributed by atoms with Crippen LogP contribution in [0.15, 0.2) is 36.5 Å². The van der Waals surface area contributed by atoms with E-state index < -0.39 is 41.4 Å². The van der Waals surface area contributed by atoms with Gasteiger partial charge in [-0.2, -0.15) is 13.2 Å². The SMILES string of the molecule is COC(=O)C[C@](NC(=O)C1CCCC1)(c1cc(F)cc(C(F)(F)F)c1)c1ccc(Cl)cn1. The van der Waals surface area contributed by atoms with Crippen molar-refractivity contribution in [3.8, 4) is 0 Å². The summed E-state index contributed by atoms with van der Waals surface area (Å²) in [6.07, 6.45) is -1.35. The molecular weight excluding hydrogens is 452 g/mol. The summed E-state index contributed by atoms with van der Waals surface area (Å²) in [4.78, 5) is 29.6. The van der Waals surface area contributed by atoms with Crippen LogP contribution in [0.4, 0.5) is 17.6 Å². The Morgan fingerprint density at radius 1 is 1.16 bits per heavy atom. The van der Waals surface area contributed by atoms with E-state index in [1.54, 1.807) is 0 Å². The lowest BCUT2D eigenvalue weighted by Gasteiger charge is -2.35. The number of alkyl halides is 3. The predicted molar refractivity (Wildman–Crippen MR) is 108 cm³/mol. The number of nitrogens with zero attached hydrogens (tertiary/aromatic N) is 1. The smallest absolute Gasteiger partial charge is 0.416 e. The molecule has 1 saturated carbocycles. The van der Waals surface area contributed by atoms with Gasteiger partial charge in [0.1, 0.15) is 11.4 Å². The van der Waals surface area contributed by atoms with E-state index in [1.807, 2.05) is 0 Å². The first-order chi connectivity index (χ1) is 15.0. The Morgan fingerprint density at radius 2 is 1.81 bits per heavy atom. The zero-order valence-electron chi connectivity index (χ0n) is 17.1. The molecule has 3 rings (SSSR count). The number of ether oxygens (including phenoxy) is 1. The van der Waals surface area contributed by atoms with Crippen LogP contribution in [-0.2, 0) is 26.0 Å². The van der Waals surface area contributed by atoms with Crippen LogP contribution in [-0.4, -0.2) is 24.0 Å². The maximum Gasteiger partial charge on any atom is 0.416 e. The first kappa shape index (κ1) is 24.0. The second-order valence-electron chi connectivity index (χ2n) is 7.72. The van der Waals surface area contributed by atoms with Gasteiger partial charge in [-0.1, -0.05) is 24.4 Å². The van der Waals surface area contributed by atoms with Crippen molar-refractivity contribution in [1.82, 2.24) is 10.3 Å². The van der Waals surface area contributed by atoms with Crippen molar-refractivity contribution < 1.29 is 31.9 Å². The highest BCUT2D eigenvalue weighted by molar-refractivity contribution is 6.30. The maximum atomic E-state index is 14.4. The van der Waals surface area contributed by atoms with E-state index in [2.05, 4.69) is 10.3 Å². The van der Waals surface area contributed by atoms with Gasteiger partial charge in [-0.05, 0) is 48.7 Å². The molecule has 0 radical (unpaired) electrons. The summed E-state index contributed by atoms with van der Waals surface area (Å²) in [5.41, 5.74) is -3.42. The number of rotatable bonds is 6. The molecule has 0 spiro atoms. The number of pyridine rings is 1. The van der Waals surface area contributed by atoms with Gasteiger partial charge in [-0.3, -0.25) is 14.6 Å². The van der Waals surface area contributed by atoms with Crippen molar-refractivity contribution in [3.05, 3.63) is 64.2 Å². The number of aromatic nitrogens is 1. The fraction of sp³-hybridized carbons (Fsp3) is 0.409. The molecule has 1 aromatic carbocycles. The van der Waals surface area contributed by atoms with Crippen molar-refractivity contribution in [2.75, 3.05) is 7.11 Å². The molecule has 1 fully saturated rings. The van der Waals surface area contributed by atoms with Crippen LogP contribution in [0.1, 0.15) is 48.9 Å². The molecule has 0 bridgehead atoms. The standard InChI is InChI=1S/C22H21ClF4N2O3/c1-32-19(30)11-21(18-7-6-16(23)12-28-18,29-20(31)13-4-2-3-5-13)14-8-15(22(25,26)27)10-17(24)9-14/h6-10,12-13H,2-5,11H2,1H3,(H,29,31)/t21-/m0/s1. The molecule has 10 heteroatoms. The molecule has 0 saturated heterocycles. The van der Waals surface area contributed by atoms with Gasteiger partial charge < -0.3 is 10.1 Å². The maximum absolute atomic E-state index is 14.4. The van der Waals surface area contributed by atoms with Gasteiger partial charge in [0.25, 0.3) is 0 Å². The molecule has 0 aliphatic heterocycles. The topological polar surface area (TPSA) is 68.3 Å². The van der Waals surface area contributed by atoms with Crippen LogP contribution in [0.2, 0.25) is 5.02 Å². The minimum atomic E-state index is -4.85. The van der Waals surface area contributed by atoms with Crippen LogP contribution >= 0.6 is 11.6 Å². The summed E-state index contributed by atoms with van der Waals surface area (Å²) in [7, 11) is 1.11. The van der Waals surface area contributed by atoms with Crippen LogP contribution in [0.3, 0.4) is 0 Å². The van der Waals surface area contributed by atoms with Crippen molar-refractivity contribution in [3.63, 3.8) is 0 Å². The van der Waals surface area contributed by atoms with Crippen LogP contribution in [0.25, 0.3) is 0 Å². The molecular formula is C22H21ClF4N2O3. The highest BCUT2D eigenvalue weighted by Gasteiger charge is 2.43. The minimum absolute atomic E-state index is 0.0253. The molecule has 1 heterocycles. The number of hydrogen-bond acceptors (Lipinski definition) is 4. The van der Waals surface area contributed by atoms with Gasteiger partial charge in [0.2, 0.25) is 5.91 Å². The number of methoxy groups -OCH3 is 1. The van der Waals surface area contributed by atoms with E-state index in [0.29, 0.717) is 25.0 Å². The van der Waals surface area contributed by atoms with Gasteiger partial charge in [0, 0.05) is 12.1 Å². The second-order valence-corrected chi connectivity index (χ2v) is 8.15. The minimum Gasteiger partial charge on any atom is -0.469 e. The molecule has 2 aromatic rings. The van der Waals surface area contributed by atoms with Gasteiger partial charge >= 0.3 is 12.1 Å². The fourth-order valence-corrected chi connectivity index (χ4v) is 4.05. The molecule has 1 atom stereocenters. The Bertz CT molecular complexity index is 992. The van der Waals surface area contributed by atoms with Gasteiger partial charge in [0.15, 0.2) is 0 Å². The van der Waals surface area contributed by atoms with Crippen molar-refractivity contribution in [1.29, 1.82) is 0 Å². The summed E-state index contributed by atoms with van der Waals surface area (Å²) < 4.78 is 59.5. The van der Waals surface area contributed by atoms with Crippen molar-refractivity contribution in [2.45, 2.75) is 43.8 Å². The summed E-state index contributed by atoms with van der Waals surface area (Å²) in [6.45, 7) is 0. The molecule has 32 heavy (non-hydrogen) atoms. The van der Waals surface area contributed by atoms with Gasteiger partial charge in [-0.15, -0.1) is 0 Å². The van der Waals surface area contributed by atoms with Crippen LogP contribution in [0.5, 0.6) is 0 Å². The number of amides is 1. The Hall–Kier alpha value is -2.68. The van der Waals surface area contributed by atoms with E-state index in [0.717, 1.165) is 26.0 Å². The average molecular weight is 473 g/mol. The number of carbonyl (C=O) groups excluding carboxylic acids is 2. The molecule has 1 aromatic heterocycles. The summed E-state index contributed by atoms with van der Waals surface area (Å²) in [5.74, 6) is -2.84. The zero-order chi connectivity index (χ0) is 23.5. The summed E-state index contributed by atoms with van der Waals surface area (Å²) in [6, 6.07) is 4.70. The van der Waals surface area contributed by atoms with Crippen molar-refractivity contribution in [2.24, 2.45) is 5.92 Å². The fourth-order valence-electron chi connectivity index (χ4n) is 3.94. The third kappa shape index (κ3) is 5.20. The molecule has 1 N–H and O–H groups in total. The van der Waals surface area contributed by atoms with E-state index in [9.17, 15) is 27.2 Å². The number of esters is 1. The Labute approximate surface area is 187 Å². The summed E-state index contributed by atoms with van der Waals surface area (Å²) in [5, 5.41) is 2.95. The second kappa shape index (κ2) is 9.44. The third-order valence-corrected chi connectivity index (χ3v) is 5.81. The molecule has 1 amide bonds. The molecule has 5 nitrogen and oxygen atoms in total. The Kier molecular flexibility index (Phi) is 7.07. The quantitative estimate of drug-likeness (QED) is 0.474. The Morgan fingerprint density at radius 3 is 2.38 bits per heavy atom. The average Bonchev–Trinajstić information content (AvgIpc) is 3.27. The van der Waals surface area contributed by atoms with E-state index in [-0.39, 0.29) is 22.2 Å². The third-order valence-electron chi connectivity index (χ3n) is 5.58. The highest BCUT2D eigenvalue weighted by atomic mass is 35.5. The lowest BCUT2D eigenvalue weighted by atomic mass is 9.81. The van der Waals surface area contributed by atoms with Gasteiger partial charge in [0.05, 0.1) is 29.8 Å². The number of nitrogens with one attached hydrogen (secondary N) is 1. The van der Waals surface area contributed by atoms with E-state index in [1.165, 1.54) is 18.3 Å². The normalized spacial score (nSPS) is 16.4. The van der Waals surface area contributed by atoms with Crippen LogP contribution < -0.4 is 5.32 Å². The summed E-state index contributed by atoms with van der Waals surface area (Å²) >= 11 is 5.91. The van der Waals surface area contributed by atoms with Crippen molar-refractivity contribution >= 4 is 23.5 Å². The number of halogens is 5. The molecule has 172 valence electrons. The van der Waals surface area contributed by atoms with E-state index >= 15 is 0 Å². The zero-order valence-corrected chi connectivity index (χ0v) is 17.9. The van der Waals surface area contributed by atoms with Crippen LogP contribution in [0, 0.1) is 11.7 Å². The largest absolute Gasteiger partial charge is 0.469 e. The number of benzene rings is 1. The first-order valence-corrected chi connectivity index (χ1v) is 10.3. The monoisotopic (exact) mass is 472 g/mol. The highest BCUT2D eigenvalue weighted by Crippen LogP contribution is 2.39. The first-order valence-electron chi connectivity index (χ1n) is 9.94. The Balaban J connectivity index is 2.24. The lowest BCUT2D eigenvalue weighted by Crippen LogP contribution is -2.50. The number of carbonyl (C=O) groups is 2. The number of hydrogen-bond donors (Lipinski definition) is 1. The molecule has 1 aliphatic rings. The van der Waals surface area contributed by atoms with Gasteiger partial charge in [-0.25, -0.2) is 4.39 Å². The molecule has 1 aliphatic carbocycles. The lowest BCUT2D eigenvalue weighted by molar-refractivity contribution is -0.142. The molecule has 0 unspecified atom stereocenters.